The van der Waals surface area contributed by atoms with Crippen molar-refractivity contribution in [3.63, 3.8) is 0 Å². The Balaban J connectivity index is 1.76. The van der Waals surface area contributed by atoms with Crippen LogP contribution >= 0.6 is 12.2 Å². The molecule has 2 aromatic carbocycles. The van der Waals surface area contributed by atoms with Crippen LogP contribution in [0.25, 0.3) is 0 Å². The molecule has 3 nitrogen and oxygen atoms in total. The molecule has 2 atom stereocenters. The SMILES string of the molecule is N#Cc1ccc(C2(F)CCCC2OC(=S)Oc2ccccc2)cc1F. The summed E-state index contributed by atoms with van der Waals surface area (Å²) in [7, 11) is 0. The van der Waals surface area contributed by atoms with Crippen molar-refractivity contribution in [2.24, 2.45) is 0 Å². The van der Waals surface area contributed by atoms with Gasteiger partial charge < -0.3 is 9.47 Å². The van der Waals surface area contributed by atoms with E-state index in [0.717, 1.165) is 6.07 Å². The van der Waals surface area contributed by atoms with E-state index in [1.54, 1.807) is 30.3 Å². The maximum atomic E-state index is 15.5. The number of ether oxygens (including phenoxy) is 2. The molecule has 0 radical (unpaired) electrons. The summed E-state index contributed by atoms with van der Waals surface area (Å²) in [4.78, 5) is 0. The van der Waals surface area contributed by atoms with Crippen molar-refractivity contribution in [3.05, 3.63) is 65.5 Å². The lowest BCUT2D eigenvalue weighted by molar-refractivity contribution is 0.0126. The molecule has 0 amide bonds. The first-order valence-corrected chi connectivity index (χ1v) is 8.26. The lowest BCUT2D eigenvalue weighted by Gasteiger charge is -2.28. The zero-order chi connectivity index (χ0) is 17.9. The first kappa shape index (κ1) is 17.3. The Labute approximate surface area is 149 Å². The number of thiocarbonyl (C=S) groups is 1. The van der Waals surface area contributed by atoms with Gasteiger partial charge in [0.05, 0.1) is 5.56 Å². The first-order chi connectivity index (χ1) is 12.0. The van der Waals surface area contributed by atoms with E-state index in [-0.39, 0.29) is 22.8 Å². The highest BCUT2D eigenvalue weighted by Gasteiger charge is 2.47. The highest BCUT2D eigenvalue weighted by molar-refractivity contribution is 7.79. The fourth-order valence-electron chi connectivity index (χ4n) is 3.01. The molecule has 1 fully saturated rings. The molecule has 25 heavy (non-hydrogen) atoms. The summed E-state index contributed by atoms with van der Waals surface area (Å²) < 4.78 is 40.3. The average molecular weight is 359 g/mol. The van der Waals surface area contributed by atoms with Gasteiger partial charge in [-0.2, -0.15) is 5.26 Å². The van der Waals surface area contributed by atoms with Crippen LogP contribution in [0.3, 0.4) is 0 Å². The molecule has 0 N–H and O–H groups in total. The molecule has 2 aromatic rings. The number of para-hydroxylation sites is 1. The molecule has 6 heteroatoms. The molecule has 128 valence electrons. The minimum atomic E-state index is -1.88. The highest BCUT2D eigenvalue weighted by atomic mass is 32.1. The quantitative estimate of drug-likeness (QED) is 0.739. The number of nitrogens with zero attached hydrogens (tertiary/aromatic N) is 1. The topological polar surface area (TPSA) is 42.2 Å². The highest BCUT2D eigenvalue weighted by Crippen LogP contribution is 2.44. The summed E-state index contributed by atoms with van der Waals surface area (Å²) in [5, 5.41) is 8.64. The second kappa shape index (κ2) is 7.16. The number of hydrogen-bond donors (Lipinski definition) is 0. The fourth-order valence-corrected chi connectivity index (χ4v) is 3.22. The Hall–Kier alpha value is -2.52. The Kier molecular flexibility index (Phi) is 4.95. The van der Waals surface area contributed by atoms with Crippen LogP contribution in [-0.4, -0.2) is 11.3 Å². The first-order valence-electron chi connectivity index (χ1n) is 7.85. The summed E-state index contributed by atoms with van der Waals surface area (Å²) in [6.45, 7) is 0. The molecule has 0 aliphatic heterocycles. The van der Waals surface area contributed by atoms with E-state index in [1.807, 2.05) is 6.07 Å². The van der Waals surface area contributed by atoms with Crippen molar-refractivity contribution in [1.29, 1.82) is 5.26 Å². The third kappa shape index (κ3) is 3.62. The van der Waals surface area contributed by atoms with Gasteiger partial charge in [-0.3, -0.25) is 0 Å². The maximum absolute atomic E-state index is 15.5. The third-order valence-electron chi connectivity index (χ3n) is 4.27. The summed E-state index contributed by atoms with van der Waals surface area (Å²) in [6.07, 6.45) is 0.348. The van der Waals surface area contributed by atoms with Crippen LogP contribution in [-0.2, 0) is 10.4 Å². The predicted molar refractivity (Wildman–Crippen MR) is 92.3 cm³/mol. The van der Waals surface area contributed by atoms with Gasteiger partial charge in [-0.25, -0.2) is 8.78 Å². The van der Waals surface area contributed by atoms with Crippen molar-refractivity contribution in [1.82, 2.24) is 0 Å². The van der Waals surface area contributed by atoms with Crippen molar-refractivity contribution < 1.29 is 18.3 Å². The molecule has 0 bridgehead atoms. The zero-order valence-electron chi connectivity index (χ0n) is 13.2. The number of rotatable bonds is 3. The van der Waals surface area contributed by atoms with E-state index in [1.165, 1.54) is 12.1 Å². The molecule has 3 rings (SSSR count). The zero-order valence-corrected chi connectivity index (χ0v) is 14.1. The molecule has 0 heterocycles. The Morgan fingerprint density at radius 2 is 2.00 bits per heavy atom. The van der Waals surface area contributed by atoms with Crippen molar-refractivity contribution in [2.45, 2.75) is 31.0 Å². The van der Waals surface area contributed by atoms with Crippen LogP contribution in [0, 0.1) is 17.1 Å². The van der Waals surface area contributed by atoms with Gasteiger partial charge in [-0.1, -0.05) is 24.3 Å². The fraction of sp³-hybridized carbons (Fsp3) is 0.263. The van der Waals surface area contributed by atoms with Gasteiger partial charge in [0.1, 0.15) is 23.7 Å². The predicted octanol–water partition coefficient (Wildman–Crippen LogP) is 4.80. The van der Waals surface area contributed by atoms with Crippen LogP contribution in [0.4, 0.5) is 8.78 Å². The van der Waals surface area contributed by atoms with Gasteiger partial charge in [-0.15, -0.1) is 0 Å². The van der Waals surface area contributed by atoms with Gasteiger partial charge in [0.15, 0.2) is 5.67 Å². The van der Waals surface area contributed by atoms with Crippen LogP contribution in [0.5, 0.6) is 5.75 Å². The standard InChI is InChI=1S/C19H15F2NO2S/c20-16-11-14(9-8-13(16)12-22)19(21)10-4-7-17(19)24-18(25)23-15-5-2-1-3-6-15/h1-3,5-6,8-9,11,17H,4,7,10H2. The number of benzene rings is 2. The van der Waals surface area contributed by atoms with Crippen molar-refractivity contribution in [3.8, 4) is 11.8 Å². The second-order valence-electron chi connectivity index (χ2n) is 5.83. The number of nitriles is 1. The minimum Gasteiger partial charge on any atom is -0.449 e. The molecule has 1 saturated carbocycles. The molecular weight excluding hydrogens is 344 g/mol. The van der Waals surface area contributed by atoms with Gasteiger partial charge in [0, 0.05) is 12.2 Å². The largest absolute Gasteiger partial charge is 0.449 e. The van der Waals surface area contributed by atoms with Crippen LogP contribution < -0.4 is 4.74 Å². The van der Waals surface area contributed by atoms with E-state index >= 15 is 4.39 Å². The normalized spacial score (nSPS) is 22.2. The van der Waals surface area contributed by atoms with Gasteiger partial charge in [0.2, 0.25) is 0 Å². The smallest absolute Gasteiger partial charge is 0.358 e. The molecule has 1 aliphatic carbocycles. The molecule has 0 spiro atoms. The Morgan fingerprint density at radius 3 is 2.68 bits per heavy atom. The van der Waals surface area contributed by atoms with E-state index in [4.69, 9.17) is 27.0 Å². The lowest BCUT2D eigenvalue weighted by atomic mass is 9.91. The van der Waals surface area contributed by atoms with E-state index in [0.29, 0.717) is 18.6 Å². The van der Waals surface area contributed by atoms with E-state index < -0.39 is 17.6 Å². The minimum absolute atomic E-state index is 0.120. The monoisotopic (exact) mass is 359 g/mol. The van der Waals surface area contributed by atoms with E-state index in [9.17, 15) is 4.39 Å². The number of halogens is 2. The van der Waals surface area contributed by atoms with Crippen LogP contribution in [0.2, 0.25) is 0 Å². The average Bonchev–Trinajstić information content (AvgIpc) is 2.97. The third-order valence-corrected chi connectivity index (χ3v) is 4.45. The van der Waals surface area contributed by atoms with Gasteiger partial charge >= 0.3 is 5.24 Å². The van der Waals surface area contributed by atoms with Gasteiger partial charge in [-0.05, 0) is 49.1 Å². The molecule has 1 aliphatic rings. The second-order valence-corrected chi connectivity index (χ2v) is 6.17. The van der Waals surface area contributed by atoms with Crippen molar-refractivity contribution >= 4 is 17.5 Å². The molecule has 0 saturated heterocycles. The molecule has 2 unspecified atom stereocenters. The molecule has 0 aromatic heterocycles. The summed E-state index contributed by atoms with van der Waals surface area (Å²) in [5.41, 5.74) is -1.85. The Morgan fingerprint density at radius 1 is 1.24 bits per heavy atom. The summed E-state index contributed by atoms with van der Waals surface area (Å²) in [5.74, 6) is -0.245. The van der Waals surface area contributed by atoms with Gasteiger partial charge in [0.25, 0.3) is 0 Å². The van der Waals surface area contributed by atoms with Crippen LogP contribution in [0.1, 0.15) is 30.4 Å². The Bertz CT molecular complexity index is 822. The van der Waals surface area contributed by atoms with Crippen LogP contribution in [0.15, 0.2) is 48.5 Å². The summed E-state index contributed by atoms with van der Waals surface area (Å²) in [6, 6.07) is 14.3. The maximum Gasteiger partial charge on any atom is 0.358 e. The van der Waals surface area contributed by atoms with Crippen molar-refractivity contribution in [2.75, 3.05) is 0 Å². The number of alkyl halides is 1. The summed E-state index contributed by atoms with van der Waals surface area (Å²) >= 11 is 5.06. The van der Waals surface area contributed by atoms with E-state index in [2.05, 4.69) is 0 Å². The molecular formula is C19H15F2NO2S. The lowest BCUT2D eigenvalue weighted by Crippen LogP contribution is -2.35. The number of hydrogen-bond acceptors (Lipinski definition) is 4.